The standard InChI is InChI=1S/C23H27ClN2O2S/c1-4-19(27)20-10-18-22(29-20)16(6-7-26-18)17-9-15(24)8-14(3)21(17)28-13-23(5-2)11-25-12-23/h6-10,19,25,27H,4-5,11-13H2,1-3H3. The maximum atomic E-state index is 10.3. The number of aromatic nitrogens is 1. The molecule has 6 heteroatoms. The molecule has 2 N–H and O–H groups in total. The maximum absolute atomic E-state index is 10.3. The van der Waals surface area contributed by atoms with Crippen LogP contribution in [0.3, 0.4) is 0 Å². The Kier molecular flexibility index (Phi) is 5.85. The fraction of sp³-hybridized carbons (Fsp3) is 0.435. The Bertz CT molecular complexity index is 1020. The van der Waals surface area contributed by atoms with Gasteiger partial charge in [0.15, 0.2) is 0 Å². The Morgan fingerprint density at radius 2 is 2.07 bits per heavy atom. The molecule has 0 saturated carbocycles. The number of fused-ring (bicyclic) bond motifs is 1. The van der Waals surface area contributed by atoms with E-state index in [1.165, 1.54) is 0 Å². The molecule has 1 aliphatic heterocycles. The second-order valence-corrected chi connectivity index (χ2v) is 9.51. The molecular formula is C23H27ClN2O2S. The average Bonchev–Trinajstić information content (AvgIpc) is 3.12. The molecule has 0 aliphatic carbocycles. The predicted molar refractivity (Wildman–Crippen MR) is 121 cm³/mol. The van der Waals surface area contributed by atoms with Gasteiger partial charge < -0.3 is 15.2 Å². The molecular weight excluding hydrogens is 404 g/mol. The van der Waals surface area contributed by atoms with Gasteiger partial charge in [0.2, 0.25) is 0 Å². The van der Waals surface area contributed by atoms with E-state index in [0.717, 1.165) is 57.0 Å². The molecule has 0 amide bonds. The number of benzene rings is 1. The Labute approximate surface area is 180 Å². The summed E-state index contributed by atoms with van der Waals surface area (Å²) in [5, 5.41) is 14.4. The Morgan fingerprint density at radius 3 is 2.72 bits per heavy atom. The van der Waals surface area contributed by atoms with E-state index in [0.29, 0.717) is 18.1 Å². The van der Waals surface area contributed by atoms with Crippen LogP contribution < -0.4 is 10.1 Å². The van der Waals surface area contributed by atoms with Gasteiger partial charge in [0.25, 0.3) is 0 Å². The van der Waals surface area contributed by atoms with E-state index in [9.17, 15) is 5.11 Å². The smallest absolute Gasteiger partial charge is 0.130 e. The molecule has 1 aliphatic rings. The molecule has 4 nitrogen and oxygen atoms in total. The van der Waals surface area contributed by atoms with E-state index >= 15 is 0 Å². The van der Waals surface area contributed by atoms with Gasteiger partial charge in [-0.3, -0.25) is 4.98 Å². The van der Waals surface area contributed by atoms with Crippen molar-refractivity contribution in [1.29, 1.82) is 0 Å². The number of thiophene rings is 1. The Hall–Kier alpha value is -1.66. The molecule has 4 rings (SSSR count). The number of nitrogens with zero attached hydrogens (tertiary/aromatic N) is 1. The quantitative estimate of drug-likeness (QED) is 0.501. The van der Waals surface area contributed by atoms with Crippen LogP contribution in [0.2, 0.25) is 5.02 Å². The van der Waals surface area contributed by atoms with Crippen molar-refractivity contribution in [3.05, 3.63) is 45.9 Å². The van der Waals surface area contributed by atoms with Gasteiger partial charge in [0.05, 0.1) is 22.9 Å². The van der Waals surface area contributed by atoms with Crippen LogP contribution in [-0.4, -0.2) is 29.8 Å². The minimum atomic E-state index is -0.464. The van der Waals surface area contributed by atoms with Crippen molar-refractivity contribution in [3.8, 4) is 16.9 Å². The SMILES string of the molecule is CCC(O)c1cc2nccc(-c3cc(Cl)cc(C)c3OCC3(CC)CNC3)c2s1. The summed E-state index contributed by atoms with van der Waals surface area (Å²) in [7, 11) is 0. The summed E-state index contributed by atoms with van der Waals surface area (Å²) in [5.74, 6) is 0.882. The van der Waals surface area contributed by atoms with Gasteiger partial charge >= 0.3 is 0 Å². The first-order chi connectivity index (χ1) is 14.0. The molecule has 1 atom stereocenters. The lowest BCUT2D eigenvalue weighted by atomic mass is 9.80. The van der Waals surface area contributed by atoms with Gasteiger partial charge in [0.1, 0.15) is 5.75 Å². The largest absolute Gasteiger partial charge is 0.492 e. The number of halogens is 1. The first-order valence-corrected chi connectivity index (χ1v) is 11.4. The second kappa shape index (κ2) is 8.23. The van der Waals surface area contributed by atoms with Crippen LogP contribution in [0.4, 0.5) is 0 Å². The minimum Gasteiger partial charge on any atom is -0.492 e. The molecule has 154 valence electrons. The van der Waals surface area contributed by atoms with Crippen molar-refractivity contribution in [3.63, 3.8) is 0 Å². The van der Waals surface area contributed by atoms with Crippen molar-refractivity contribution in [2.45, 2.75) is 39.7 Å². The van der Waals surface area contributed by atoms with Crippen LogP contribution in [0.5, 0.6) is 5.75 Å². The summed E-state index contributed by atoms with van der Waals surface area (Å²) in [6.45, 7) is 8.92. The monoisotopic (exact) mass is 430 g/mol. The Balaban J connectivity index is 1.79. The van der Waals surface area contributed by atoms with Crippen LogP contribution >= 0.6 is 22.9 Å². The number of ether oxygens (including phenoxy) is 1. The number of hydrogen-bond donors (Lipinski definition) is 2. The lowest BCUT2D eigenvalue weighted by molar-refractivity contribution is 0.0783. The lowest BCUT2D eigenvalue weighted by Crippen LogP contribution is -2.56. The molecule has 29 heavy (non-hydrogen) atoms. The molecule has 1 aromatic carbocycles. The van der Waals surface area contributed by atoms with Crippen LogP contribution in [-0.2, 0) is 0 Å². The van der Waals surface area contributed by atoms with E-state index < -0.39 is 6.10 Å². The molecule has 1 fully saturated rings. The zero-order chi connectivity index (χ0) is 20.6. The molecule has 0 bridgehead atoms. The van der Waals surface area contributed by atoms with Crippen molar-refractivity contribution in [2.24, 2.45) is 5.41 Å². The molecule has 1 saturated heterocycles. The van der Waals surface area contributed by atoms with Crippen molar-refractivity contribution in [1.82, 2.24) is 10.3 Å². The van der Waals surface area contributed by atoms with Gasteiger partial charge in [-0.2, -0.15) is 0 Å². The number of aliphatic hydroxyl groups is 1. The van der Waals surface area contributed by atoms with Crippen molar-refractivity contribution < 1.29 is 9.84 Å². The van der Waals surface area contributed by atoms with E-state index in [1.54, 1.807) is 11.3 Å². The number of rotatable bonds is 7. The molecule has 0 spiro atoms. The minimum absolute atomic E-state index is 0.207. The first-order valence-electron chi connectivity index (χ1n) is 10.2. The fourth-order valence-electron chi connectivity index (χ4n) is 3.81. The zero-order valence-electron chi connectivity index (χ0n) is 17.1. The number of aliphatic hydroxyl groups excluding tert-OH is 1. The summed E-state index contributed by atoms with van der Waals surface area (Å²) in [6, 6.07) is 7.93. The van der Waals surface area contributed by atoms with Gasteiger partial charge in [0, 0.05) is 45.7 Å². The van der Waals surface area contributed by atoms with Crippen LogP contribution in [0, 0.1) is 12.3 Å². The highest BCUT2D eigenvalue weighted by Gasteiger charge is 2.36. The van der Waals surface area contributed by atoms with Crippen LogP contribution in [0.25, 0.3) is 21.3 Å². The van der Waals surface area contributed by atoms with E-state index in [4.69, 9.17) is 16.3 Å². The van der Waals surface area contributed by atoms with Crippen molar-refractivity contribution in [2.75, 3.05) is 19.7 Å². The number of aryl methyl sites for hydroxylation is 1. The van der Waals surface area contributed by atoms with Crippen LogP contribution in [0.15, 0.2) is 30.5 Å². The topological polar surface area (TPSA) is 54.4 Å². The lowest BCUT2D eigenvalue weighted by Gasteiger charge is -2.41. The molecule has 0 radical (unpaired) electrons. The van der Waals surface area contributed by atoms with Gasteiger partial charge in [-0.05, 0) is 49.6 Å². The third-order valence-electron chi connectivity index (χ3n) is 5.95. The highest BCUT2D eigenvalue weighted by molar-refractivity contribution is 7.19. The predicted octanol–water partition coefficient (Wildman–Crippen LogP) is 5.75. The van der Waals surface area contributed by atoms with Gasteiger partial charge in [-0.25, -0.2) is 0 Å². The van der Waals surface area contributed by atoms with E-state index in [2.05, 4.69) is 17.2 Å². The Morgan fingerprint density at radius 1 is 1.28 bits per heavy atom. The molecule has 2 aromatic heterocycles. The third-order valence-corrected chi connectivity index (χ3v) is 7.43. The third kappa shape index (κ3) is 3.89. The van der Waals surface area contributed by atoms with Crippen molar-refractivity contribution >= 4 is 33.2 Å². The molecule has 3 aromatic rings. The van der Waals surface area contributed by atoms with Gasteiger partial charge in [-0.1, -0.05) is 25.4 Å². The summed E-state index contributed by atoms with van der Waals surface area (Å²) in [6.07, 6.45) is 3.12. The molecule has 3 heterocycles. The number of nitrogens with one attached hydrogen (secondary N) is 1. The highest BCUT2D eigenvalue weighted by Crippen LogP contribution is 2.43. The van der Waals surface area contributed by atoms with E-state index in [-0.39, 0.29) is 5.41 Å². The normalized spacial score (nSPS) is 16.6. The number of hydrogen-bond acceptors (Lipinski definition) is 5. The first kappa shape index (κ1) is 20.6. The van der Waals surface area contributed by atoms with Crippen LogP contribution in [0.1, 0.15) is 43.2 Å². The summed E-state index contributed by atoms with van der Waals surface area (Å²) in [4.78, 5) is 5.46. The highest BCUT2D eigenvalue weighted by atomic mass is 35.5. The maximum Gasteiger partial charge on any atom is 0.130 e. The molecule has 1 unspecified atom stereocenters. The summed E-state index contributed by atoms with van der Waals surface area (Å²) in [5.41, 5.74) is 4.17. The summed E-state index contributed by atoms with van der Waals surface area (Å²) < 4.78 is 7.49. The zero-order valence-corrected chi connectivity index (χ0v) is 18.7. The second-order valence-electron chi connectivity index (χ2n) is 7.99. The van der Waals surface area contributed by atoms with Gasteiger partial charge in [-0.15, -0.1) is 11.3 Å². The number of pyridine rings is 1. The average molecular weight is 431 g/mol. The van der Waals surface area contributed by atoms with E-state index in [1.807, 2.05) is 44.3 Å². The summed E-state index contributed by atoms with van der Waals surface area (Å²) >= 11 is 8.03. The fourth-order valence-corrected chi connectivity index (χ4v) is 5.30.